The monoisotopic (exact) mass is 568 g/mol. The fourth-order valence-corrected chi connectivity index (χ4v) is 13.1. The normalized spacial score (nSPS) is 43.6. The van der Waals surface area contributed by atoms with E-state index in [1.165, 1.54) is 51.4 Å². The van der Waals surface area contributed by atoms with E-state index in [1.54, 1.807) is 0 Å². The van der Waals surface area contributed by atoms with Gasteiger partial charge in [0.05, 0.1) is 12.2 Å². The van der Waals surface area contributed by atoms with Gasteiger partial charge in [-0.3, -0.25) is 0 Å². The average molecular weight is 569 g/mol. The van der Waals surface area contributed by atoms with Gasteiger partial charge in [-0.1, -0.05) is 13.8 Å². The van der Waals surface area contributed by atoms with Crippen molar-refractivity contribution in [2.75, 3.05) is 6.61 Å². The van der Waals surface area contributed by atoms with Gasteiger partial charge in [-0.2, -0.15) is 0 Å². The van der Waals surface area contributed by atoms with Gasteiger partial charge >= 0.3 is 0 Å². The topological polar surface area (TPSA) is 47.9 Å². The number of aliphatic hydroxyl groups excluding tert-OH is 1. The van der Waals surface area contributed by atoms with Gasteiger partial charge in [0.2, 0.25) is 0 Å². The molecule has 0 saturated heterocycles. The van der Waals surface area contributed by atoms with Crippen molar-refractivity contribution in [3.63, 3.8) is 0 Å². The third-order valence-electron chi connectivity index (χ3n) is 11.0. The quantitative estimate of drug-likeness (QED) is 0.301. The smallest absolute Gasteiger partial charge is 0.184 e. The number of fused-ring (bicyclic) bond motifs is 5. The highest BCUT2D eigenvalue weighted by Crippen LogP contribution is 2.69. The van der Waals surface area contributed by atoms with Gasteiger partial charge in [0, 0.05) is 11.5 Å². The molecule has 0 aliphatic heterocycles. The van der Waals surface area contributed by atoms with E-state index >= 15 is 0 Å². The van der Waals surface area contributed by atoms with Gasteiger partial charge in [0.25, 0.3) is 0 Å². The van der Waals surface area contributed by atoms with Crippen molar-refractivity contribution in [3.05, 3.63) is 0 Å². The van der Waals surface area contributed by atoms with E-state index in [9.17, 15) is 5.11 Å². The summed E-state index contributed by atoms with van der Waals surface area (Å²) in [7, 11) is -5.10. The molecular weight excluding hydrogens is 509 g/mol. The Morgan fingerprint density at radius 2 is 1.41 bits per heavy atom. The summed E-state index contributed by atoms with van der Waals surface area (Å²) in [5.74, 6) is 3.05. The van der Waals surface area contributed by atoms with Gasteiger partial charge in [0.1, 0.15) is 6.10 Å². The molecule has 0 radical (unpaired) electrons. The van der Waals surface area contributed by atoms with E-state index in [1.807, 2.05) is 0 Å². The maximum Gasteiger partial charge on any atom is 0.184 e. The zero-order chi connectivity index (χ0) is 27.7. The molecule has 4 rings (SSSR count). The zero-order valence-electron chi connectivity index (χ0n) is 26.2. The van der Waals surface area contributed by atoms with Gasteiger partial charge in [-0.15, -0.1) is 0 Å². The van der Waals surface area contributed by atoms with E-state index in [4.69, 9.17) is 13.3 Å². The Hall–Kier alpha value is 0.491. The molecule has 9 atom stereocenters. The van der Waals surface area contributed by atoms with Gasteiger partial charge in [0.15, 0.2) is 25.0 Å². The summed E-state index contributed by atoms with van der Waals surface area (Å²) in [4.78, 5) is 0. The van der Waals surface area contributed by atoms with Crippen molar-refractivity contribution in [2.45, 2.75) is 148 Å². The van der Waals surface area contributed by atoms with E-state index in [-0.39, 0.29) is 5.41 Å². The second-order valence-electron chi connectivity index (χ2n) is 16.8. The molecule has 37 heavy (non-hydrogen) atoms. The van der Waals surface area contributed by atoms with Crippen molar-refractivity contribution in [1.82, 2.24) is 0 Å². The van der Waals surface area contributed by atoms with Crippen LogP contribution >= 0.6 is 0 Å². The van der Waals surface area contributed by atoms with E-state index < -0.39 is 36.7 Å². The second kappa shape index (κ2) is 10.1. The third-order valence-corrected chi connectivity index (χ3v) is 14.1. The first kappa shape index (κ1) is 30.4. The molecule has 0 bridgehead atoms. The van der Waals surface area contributed by atoms with Crippen LogP contribution in [-0.2, 0) is 13.3 Å². The summed E-state index contributed by atoms with van der Waals surface area (Å²) in [5.41, 5.74) is 0.0132. The molecule has 4 aliphatic rings. The van der Waals surface area contributed by atoms with Crippen LogP contribution in [0.25, 0.3) is 0 Å². The Kier molecular flexibility index (Phi) is 8.30. The van der Waals surface area contributed by atoms with E-state index in [2.05, 4.69) is 72.8 Å². The number of hydrogen-bond acceptors (Lipinski definition) is 4. The lowest BCUT2D eigenvalue weighted by Gasteiger charge is -2.63. The van der Waals surface area contributed by atoms with Crippen LogP contribution in [0.3, 0.4) is 0 Å². The van der Waals surface area contributed by atoms with Crippen molar-refractivity contribution in [1.29, 1.82) is 0 Å². The number of rotatable bonds is 8. The molecule has 4 fully saturated rings. The minimum atomic E-state index is -1.88. The van der Waals surface area contributed by atoms with Crippen LogP contribution in [0, 0.1) is 34.5 Å². The van der Waals surface area contributed by atoms with E-state index in [0.717, 1.165) is 24.2 Å². The molecule has 7 heteroatoms. The first-order valence-corrected chi connectivity index (χ1v) is 25.7. The van der Waals surface area contributed by atoms with Crippen LogP contribution < -0.4 is 0 Å². The van der Waals surface area contributed by atoms with Crippen molar-refractivity contribution in [3.8, 4) is 0 Å². The lowest BCUT2D eigenvalue weighted by Crippen LogP contribution is -2.64. The zero-order valence-corrected chi connectivity index (χ0v) is 29.2. The predicted octanol–water partition coefficient (Wildman–Crippen LogP) is 8.05. The Balaban J connectivity index is 1.57. The first-order valence-electron chi connectivity index (χ1n) is 15.5. The first-order chi connectivity index (χ1) is 16.8. The summed E-state index contributed by atoms with van der Waals surface area (Å²) < 4.78 is 20.1. The summed E-state index contributed by atoms with van der Waals surface area (Å²) in [5, 5.41) is 11.9. The van der Waals surface area contributed by atoms with Crippen LogP contribution in [0.15, 0.2) is 0 Å². The standard InChI is InChI=1S/C30H60O4Si3/c1-28-17-14-23(33-36(6,7)8)20-22(28)12-13-24-25(28)15-18-29(2)26(24)16-19-30(29,34-37(9,10)11)27(31)21-32-35(3,4)5/h22-27,31H,12-21H2,1-11H3. The van der Waals surface area contributed by atoms with Crippen molar-refractivity contribution in [2.24, 2.45) is 34.5 Å². The predicted molar refractivity (Wildman–Crippen MR) is 162 cm³/mol. The van der Waals surface area contributed by atoms with E-state index in [0.29, 0.717) is 24.0 Å². The molecule has 0 aromatic heterocycles. The Labute approximate surface area is 232 Å². The highest BCUT2D eigenvalue weighted by molar-refractivity contribution is 6.70. The van der Waals surface area contributed by atoms with Crippen LogP contribution in [0.4, 0.5) is 0 Å². The Bertz CT molecular complexity index is 817. The highest BCUT2D eigenvalue weighted by atomic mass is 28.4. The van der Waals surface area contributed by atoms with Crippen LogP contribution in [0.1, 0.15) is 71.6 Å². The van der Waals surface area contributed by atoms with Crippen LogP contribution in [0.5, 0.6) is 0 Å². The maximum atomic E-state index is 11.9. The summed E-state index contributed by atoms with van der Waals surface area (Å²) in [6.07, 6.45) is 11.2. The highest BCUT2D eigenvalue weighted by Gasteiger charge is 2.68. The minimum absolute atomic E-state index is 0.0258. The van der Waals surface area contributed by atoms with Crippen molar-refractivity contribution < 1.29 is 18.4 Å². The molecule has 216 valence electrons. The molecule has 4 nitrogen and oxygen atoms in total. The van der Waals surface area contributed by atoms with Gasteiger partial charge in [-0.05, 0) is 146 Å². The molecule has 0 heterocycles. The lowest BCUT2D eigenvalue weighted by atomic mass is 9.44. The molecule has 0 spiro atoms. The SMILES string of the molecule is CC12CCC(O[Si](C)(C)C)CC1CCC1C2CCC2(C)C1CCC2(O[Si](C)(C)C)C(O)CO[Si](C)(C)C. The summed E-state index contributed by atoms with van der Waals surface area (Å²) >= 11 is 0. The Morgan fingerprint density at radius 3 is 2.00 bits per heavy atom. The van der Waals surface area contributed by atoms with Gasteiger partial charge < -0.3 is 18.4 Å². The third kappa shape index (κ3) is 5.94. The molecular formula is C30H60O4Si3. The number of aliphatic hydroxyl groups is 1. The van der Waals surface area contributed by atoms with Crippen LogP contribution in [0.2, 0.25) is 58.9 Å². The molecule has 0 aromatic carbocycles. The maximum absolute atomic E-state index is 11.9. The van der Waals surface area contributed by atoms with Gasteiger partial charge in [-0.25, -0.2) is 0 Å². The molecule has 4 saturated carbocycles. The molecule has 0 amide bonds. The fourth-order valence-electron chi connectivity index (χ4n) is 9.65. The van der Waals surface area contributed by atoms with Crippen molar-refractivity contribution >= 4 is 25.0 Å². The van der Waals surface area contributed by atoms with Crippen LogP contribution in [-0.4, -0.2) is 54.5 Å². The average Bonchev–Trinajstić information content (AvgIpc) is 3.02. The molecule has 0 aromatic rings. The summed E-state index contributed by atoms with van der Waals surface area (Å²) in [6.45, 7) is 26.2. The summed E-state index contributed by atoms with van der Waals surface area (Å²) in [6, 6.07) is 0. The largest absolute Gasteiger partial charge is 0.415 e. The lowest BCUT2D eigenvalue weighted by molar-refractivity contribution is -0.186. The number of hydrogen-bond donors (Lipinski definition) is 1. The molecule has 4 aliphatic carbocycles. The minimum Gasteiger partial charge on any atom is -0.415 e. The Morgan fingerprint density at radius 1 is 0.757 bits per heavy atom. The molecule has 9 unspecified atom stereocenters. The fraction of sp³-hybridized carbons (Fsp3) is 1.00. The second-order valence-corrected chi connectivity index (χ2v) is 30.2. The molecule has 1 N–H and O–H groups in total.